The molecule has 0 radical (unpaired) electrons. The van der Waals surface area contributed by atoms with E-state index in [0.717, 1.165) is 77.0 Å². The first-order valence-electron chi connectivity index (χ1n) is 39.5. The van der Waals surface area contributed by atoms with Crippen LogP contribution in [0.25, 0.3) is 10.4 Å². The summed E-state index contributed by atoms with van der Waals surface area (Å²) >= 11 is 0. The third kappa shape index (κ3) is 81.8. The second kappa shape index (κ2) is 89.5. The van der Waals surface area contributed by atoms with Crippen LogP contribution in [0, 0.1) is 5.41 Å². The van der Waals surface area contributed by atoms with Gasteiger partial charge in [-0.05, 0) is 31.2 Å². The third-order valence-corrected chi connectivity index (χ3v) is 15.7. The van der Waals surface area contributed by atoms with Crippen molar-refractivity contribution in [1.82, 2.24) is 5.32 Å². The fourth-order valence-corrected chi connectivity index (χ4v) is 9.72. The van der Waals surface area contributed by atoms with Crippen molar-refractivity contribution in [3.8, 4) is 0 Å². The van der Waals surface area contributed by atoms with Gasteiger partial charge in [0.25, 0.3) is 5.91 Å². The maximum absolute atomic E-state index is 12.3. The number of ether oxygens (including phenoxy) is 23. The minimum Gasteiger partial charge on any atom is -0.481 e. The zero-order chi connectivity index (χ0) is 78.9. The van der Waals surface area contributed by atoms with Gasteiger partial charge in [0.2, 0.25) is 5.78 Å². The molecule has 1 amide bonds. The van der Waals surface area contributed by atoms with Crippen molar-refractivity contribution in [3.05, 3.63) is 10.4 Å². The van der Waals surface area contributed by atoms with E-state index in [2.05, 4.69) is 15.3 Å². The summed E-state index contributed by atoms with van der Waals surface area (Å²) in [5.41, 5.74) is 6.42. The van der Waals surface area contributed by atoms with E-state index in [4.69, 9.17) is 120 Å². The van der Waals surface area contributed by atoms with Crippen LogP contribution in [0.15, 0.2) is 5.11 Å². The van der Waals surface area contributed by atoms with Crippen LogP contribution in [0.4, 0.5) is 0 Å². The number of carbonyl (C=O) groups is 5. The van der Waals surface area contributed by atoms with Gasteiger partial charge in [0.1, 0.15) is 0 Å². The molecular weight excluding hydrogens is 1440 g/mol. The number of ketones is 1. The average molecular weight is 1580 g/mol. The first kappa shape index (κ1) is 105. The molecule has 0 bridgehead atoms. The van der Waals surface area contributed by atoms with Crippen LogP contribution in [0.3, 0.4) is 0 Å². The Bertz CT molecular complexity index is 2000. The number of hydrogen-bond donors (Lipinski definition) is 4. The Kier molecular flexibility index (Phi) is 86.2. The highest BCUT2D eigenvalue weighted by molar-refractivity contribution is 6.36. The standard InChI is InChI=1S/C74H140N4O31/c75-78-77-22-24-88-26-28-90-30-32-92-34-36-94-38-40-96-42-44-98-46-48-100-50-52-102-54-56-104-58-60-106-62-64-108-66-68-109-67-65-107-63-61-105-59-57-103-55-53-101-51-49-99-47-45-97-43-41-95-39-37-93-35-33-91-31-29-89-27-25-87-23-21-76-71(82)69(79)17-13-9-5-1-3-7-11-15-19-74(72(83)84,73(85)86)20-16-12-8-4-2-6-10-14-18-70(80)81/h1-68H2,(H,76,82)(H,80,81)(H,83,84)(H,85,86). The zero-order valence-electron chi connectivity index (χ0n) is 65.7. The summed E-state index contributed by atoms with van der Waals surface area (Å²) in [6, 6.07) is 0. The summed E-state index contributed by atoms with van der Waals surface area (Å²) in [4.78, 5) is 61.9. The zero-order valence-corrected chi connectivity index (χ0v) is 65.7. The summed E-state index contributed by atoms with van der Waals surface area (Å²) in [6.07, 6.45) is 13.6. The van der Waals surface area contributed by atoms with Crippen molar-refractivity contribution in [1.29, 1.82) is 0 Å². The molecule has 0 heterocycles. The topological polar surface area (TPSA) is 419 Å². The molecule has 0 unspecified atom stereocenters. The van der Waals surface area contributed by atoms with Crippen LogP contribution < -0.4 is 5.32 Å². The molecule has 109 heavy (non-hydrogen) atoms. The Morgan fingerprint density at radius 2 is 0.440 bits per heavy atom. The predicted molar refractivity (Wildman–Crippen MR) is 399 cm³/mol. The van der Waals surface area contributed by atoms with Gasteiger partial charge in [-0.15, -0.1) is 0 Å². The maximum Gasteiger partial charge on any atom is 0.321 e. The highest BCUT2D eigenvalue weighted by Crippen LogP contribution is 2.33. The molecule has 0 saturated carbocycles. The average Bonchev–Trinajstić information content (AvgIpc) is 0.828. The quantitative estimate of drug-likeness (QED) is 0.0128. The molecule has 0 aliphatic rings. The van der Waals surface area contributed by atoms with Gasteiger partial charge in [-0.2, -0.15) is 0 Å². The number of nitrogens with one attached hydrogen (secondary N) is 1. The van der Waals surface area contributed by atoms with Crippen molar-refractivity contribution in [2.75, 3.05) is 317 Å². The number of nitrogens with zero attached hydrogens (tertiary/aromatic N) is 3. The third-order valence-electron chi connectivity index (χ3n) is 15.7. The van der Waals surface area contributed by atoms with E-state index in [9.17, 15) is 34.2 Å². The van der Waals surface area contributed by atoms with Crippen LogP contribution in [-0.4, -0.2) is 362 Å². The number of rotatable bonds is 97. The molecule has 642 valence electrons. The molecule has 0 aromatic carbocycles. The Balaban J connectivity index is 3.29. The van der Waals surface area contributed by atoms with E-state index in [1.165, 1.54) is 0 Å². The van der Waals surface area contributed by atoms with E-state index in [0.29, 0.717) is 330 Å². The summed E-state index contributed by atoms with van der Waals surface area (Å²) in [7, 11) is 0. The van der Waals surface area contributed by atoms with E-state index in [1.807, 2.05) is 0 Å². The second-order valence-electron chi connectivity index (χ2n) is 24.5. The molecule has 0 aliphatic carbocycles. The van der Waals surface area contributed by atoms with Gasteiger partial charge in [-0.1, -0.05) is 95.0 Å². The fourth-order valence-electron chi connectivity index (χ4n) is 9.72. The van der Waals surface area contributed by atoms with Crippen LogP contribution in [-0.2, 0) is 133 Å². The first-order valence-corrected chi connectivity index (χ1v) is 39.5. The second-order valence-corrected chi connectivity index (χ2v) is 24.5. The van der Waals surface area contributed by atoms with Gasteiger partial charge in [0.15, 0.2) is 5.41 Å². The highest BCUT2D eigenvalue weighted by atomic mass is 16.6. The van der Waals surface area contributed by atoms with Crippen LogP contribution in [0.5, 0.6) is 0 Å². The van der Waals surface area contributed by atoms with Crippen molar-refractivity contribution in [2.24, 2.45) is 10.5 Å². The highest BCUT2D eigenvalue weighted by Gasteiger charge is 2.45. The minimum atomic E-state index is -1.76. The molecule has 35 nitrogen and oxygen atoms in total. The molecule has 0 rings (SSSR count). The number of unbranched alkanes of at least 4 members (excludes halogenated alkanes) is 14. The number of carbonyl (C=O) groups excluding carboxylic acids is 2. The van der Waals surface area contributed by atoms with Crippen molar-refractivity contribution < 1.29 is 148 Å². The minimum absolute atomic E-state index is 0.105. The molecule has 35 heteroatoms. The van der Waals surface area contributed by atoms with Crippen molar-refractivity contribution in [2.45, 2.75) is 128 Å². The van der Waals surface area contributed by atoms with Crippen LogP contribution in [0.2, 0.25) is 0 Å². The molecule has 4 N–H and O–H groups in total. The first-order chi connectivity index (χ1) is 53.7. The Labute approximate surface area is 647 Å². The molecule has 0 aromatic rings. The number of aliphatic carboxylic acids is 3. The largest absolute Gasteiger partial charge is 0.481 e. The smallest absolute Gasteiger partial charge is 0.321 e. The van der Waals surface area contributed by atoms with E-state index in [1.54, 1.807) is 0 Å². The van der Waals surface area contributed by atoms with Gasteiger partial charge in [0.05, 0.1) is 304 Å². The number of Topliss-reactive ketones (excluding diaryl/α,β-unsaturated/α-hetero) is 1. The predicted octanol–water partition coefficient (Wildman–Crippen LogP) is 6.41. The normalized spacial score (nSPS) is 11.6. The summed E-state index contributed by atoms with van der Waals surface area (Å²) < 4.78 is 126. The lowest BCUT2D eigenvalue weighted by Gasteiger charge is -2.25. The molecule has 0 saturated heterocycles. The van der Waals surface area contributed by atoms with Crippen LogP contribution in [0.1, 0.15) is 128 Å². The molecule has 0 fully saturated rings. The Hall–Kier alpha value is -4.06. The van der Waals surface area contributed by atoms with Gasteiger partial charge in [-0.3, -0.25) is 24.0 Å². The summed E-state index contributed by atoms with van der Waals surface area (Å²) in [5.74, 6) is -4.40. The van der Waals surface area contributed by atoms with Crippen molar-refractivity contribution >= 4 is 29.6 Å². The lowest BCUT2D eigenvalue weighted by Crippen LogP contribution is -2.39. The Morgan fingerprint density at radius 3 is 0.642 bits per heavy atom. The molecule has 0 aromatic heterocycles. The number of azide groups is 1. The number of hydrogen-bond acceptors (Lipinski definition) is 29. The molecule has 0 atom stereocenters. The van der Waals surface area contributed by atoms with Gasteiger partial charge in [0, 0.05) is 30.8 Å². The van der Waals surface area contributed by atoms with Gasteiger partial charge >= 0.3 is 17.9 Å². The van der Waals surface area contributed by atoms with E-state index in [-0.39, 0.29) is 38.8 Å². The van der Waals surface area contributed by atoms with Gasteiger partial charge < -0.3 is 130 Å². The van der Waals surface area contributed by atoms with Crippen LogP contribution >= 0.6 is 0 Å². The van der Waals surface area contributed by atoms with E-state index >= 15 is 0 Å². The van der Waals surface area contributed by atoms with E-state index < -0.39 is 35.0 Å². The lowest BCUT2D eigenvalue weighted by molar-refractivity contribution is -0.166. The molecular formula is C74H140N4O31. The number of carboxylic acid groups (broad SMARTS) is 3. The fraction of sp³-hybridized carbons (Fsp3) is 0.932. The Morgan fingerprint density at radius 1 is 0.257 bits per heavy atom. The summed E-state index contributed by atoms with van der Waals surface area (Å²) in [6.45, 7) is 21.2. The van der Waals surface area contributed by atoms with Gasteiger partial charge in [-0.25, -0.2) is 0 Å². The summed E-state index contributed by atoms with van der Waals surface area (Å²) in [5, 5.41) is 34.4. The molecule has 0 spiro atoms. The lowest BCUT2D eigenvalue weighted by atomic mass is 9.78. The number of amides is 1. The molecule has 0 aliphatic heterocycles. The maximum atomic E-state index is 12.3. The SMILES string of the molecule is [N-]=[N+]=NCCOCCOCCOCCOCCOCCOCCOCCOCCOCCOCCOCCOCCOCCOCCOCCOCCOCCOCCOCCOCCOCCOCCOCCNC(=O)C(=O)CCCCCCCCCCC(CCCCCCCCCCC(=O)O)(C(=O)O)C(=O)O. The monoisotopic (exact) mass is 1580 g/mol. The van der Waals surface area contributed by atoms with Crippen molar-refractivity contribution in [3.63, 3.8) is 0 Å². The number of carboxylic acids is 3.